The average molecular weight is 348 g/mol. The van der Waals surface area contributed by atoms with Crippen molar-refractivity contribution in [3.05, 3.63) is 71.9 Å². The first-order valence-corrected chi connectivity index (χ1v) is 9.09. The van der Waals surface area contributed by atoms with E-state index in [1.165, 1.54) is 0 Å². The van der Waals surface area contributed by atoms with Crippen LogP contribution in [-0.2, 0) is 13.0 Å². The summed E-state index contributed by atoms with van der Waals surface area (Å²) in [6.07, 6.45) is 2.09. The zero-order valence-electron chi connectivity index (χ0n) is 14.4. The molecule has 0 spiro atoms. The van der Waals surface area contributed by atoms with Crippen LogP contribution in [0.15, 0.2) is 64.6 Å². The van der Waals surface area contributed by atoms with E-state index in [1.54, 1.807) is 18.0 Å². The molecular weight excluding hydrogens is 328 g/mol. The van der Waals surface area contributed by atoms with E-state index in [-0.39, 0.29) is 5.92 Å². The second-order valence-electron chi connectivity index (χ2n) is 6.03. The summed E-state index contributed by atoms with van der Waals surface area (Å²) in [5, 5.41) is 10.3. The first-order valence-electron chi connectivity index (χ1n) is 8.28. The topological polar surface area (TPSA) is 54.5 Å². The second kappa shape index (κ2) is 8.00. The van der Waals surface area contributed by atoms with Gasteiger partial charge >= 0.3 is 0 Å². The first-order chi connectivity index (χ1) is 12.2. The van der Waals surface area contributed by atoms with Crippen molar-refractivity contribution in [3.8, 4) is 6.07 Å². The Morgan fingerprint density at radius 3 is 2.52 bits per heavy atom. The van der Waals surface area contributed by atoms with Gasteiger partial charge in [0.15, 0.2) is 0 Å². The van der Waals surface area contributed by atoms with Crippen molar-refractivity contribution in [1.82, 2.24) is 14.5 Å². The second-order valence-corrected chi connectivity index (χ2v) is 7.09. The largest absolute Gasteiger partial charge is 0.316 e. The summed E-state index contributed by atoms with van der Waals surface area (Å²) in [6.45, 7) is 4.89. The van der Waals surface area contributed by atoms with Gasteiger partial charge in [0.25, 0.3) is 0 Å². The van der Waals surface area contributed by atoms with Crippen LogP contribution in [0, 0.1) is 11.3 Å². The van der Waals surface area contributed by atoms with Crippen molar-refractivity contribution in [2.45, 2.75) is 42.7 Å². The van der Waals surface area contributed by atoms with Crippen LogP contribution in [0.2, 0.25) is 0 Å². The Balaban J connectivity index is 2.07. The van der Waals surface area contributed by atoms with Gasteiger partial charge in [0.05, 0.1) is 30.4 Å². The highest BCUT2D eigenvalue weighted by Gasteiger charge is 2.20. The molecule has 1 aromatic carbocycles. The van der Waals surface area contributed by atoms with E-state index in [0.717, 1.165) is 27.1 Å². The van der Waals surface area contributed by atoms with Crippen molar-refractivity contribution in [1.29, 1.82) is 5.26 Å². The molecule has 0 amide bonds. The Hall–Kier alpha value is -2.58. The molecule has 126 valence electrons. The predicted molar refractivity (Wildman–Crippen MR) is 99.5 cm³/mol. The average Bonchev–Trinajstić information content (AvgIpc) is 2.95. The number of hydrogen-bond acceptors (Lipinski definition) is 4. The third kappa shape index (κ3) is 4.09. The molecule has 0 N–H and O–H groups in total. The SMILES string of the molecule is CC(C)c1nc(CC#N)n(Cc2ccccn2)c1Sc1ccccc1. The van der Waals surface area contributed by atoms with Gasteiger partial charge in [-0.2, -0.15) is 5.26 Å². The molecule has 25 heavy (non-hydrogen) atoms. The highest BCUT2D eigenvalue weighted by atomic mass is 32.2. The quantitative estimate of drug-likeness (QED) is 0.650. The minimum absolute atomic E-state index is 0.286. The summed E-state index contributed by atoms with van der Waals surface area (Å²) < 4.78 is 2.14. The molecule has 0 unspecified atom stereocenters. The summed E-state index contributed by atoms with van der Waals surface area (Å²) in [4.78, 5) is 10.4. The Bertz CT molecular complexity index is 864. The summed E-state index contributed by atoms with van der Waals surface area (Å²) in [5.74, 6) is 1.09. The molecule has 0 aliphatic carbocycles. The number of imidazole rings is 1. The van der Waals surface area contributed by atoms with Gasteiger partial charge in [-0.15, -0.1) is 0 Å². The van der Waals surface area contributed by atoms with Crippen LogP contribution < -0.4 is 0 Å². The minimum atomic E-state index is 0.286. The van der Waals surface area contributed by atoms with Crippen LogP contribution in [-0.4, -0.2) is 14.5 Å². The lowest BCUT2D eigenvalue weighted by Crippen LogP contribution is -2.07. The lowest BCUT2D eigenvalue weighted by molar-refractivity contribution is 0.669. The number of rotatable bonds is 6. The van der Waals surface area contributed by atoms with Crippen LogP contribution in [0.5, 0.6) is 0 Å². The van der Waals surface area contributed by atoms with Gasteiger partial charge in [-0.05, 0) is 30.2 Å². The van der Waals surface area contributed by atoms with Gasteiger partial charge in [0, 0.05) is 11.1 Å². The molecule has 0 saturated heterocycles. The van der Waals surface area contributed by atoms with Crippen LogP contribution in [0.25, 0.3) is 0 Å². The highest BCUT2D eigenvalue weighted by Crippen LogP contribution is 2.35. The Morgan fingerprint density at radius 2 is 1.88 bits per heavy atom. The van der Waals surface area contributed by atoms with Crippen LogP contribution in [0.1, 0.15) is 37.0 Å². The molecule has 0 fully saturated rings. The van der Waals surface area contributed by atoms with Crippen LogP contribution in [0.4, 0.5) is 0 Å². The van der Waals surface area contributed by atoms with Crippen molar-refractivity contribution >= 4 is 11.8 Å². The third-order valence-electron chi connectivity index (χ3n) is 3.81. The molecule has 5 heteroatoms. The number of pyridine rings is 1. The van der Waals surface area contributed by atoms with Crippen molar-refractivity contribution in [2.75, 3.05) is 0 Å². The smallest absolute Gasteiger partial charge is 0.124 e. The van der Waals surface area contributed by atoms with E-state index in [1.807, 2.05) is 36.4 Å². The normalized spacial score (nSPS) is 10.8. The maximum atomic E-state index is 9.21. The highest BCUT2D eigenvalue weighted by molar-refractivity contribution is 7.99. The molecule has 0 aliphatic heterocycles. The van der Waals surface area contributed by atoms with E-state index in [2.05, 4.69) is 41.6 Å². The summed E-state index contributed by atoms with van der Waals surface area (Å²) in [6, 6.07) is 18.4. The summed E-state index contributed by atoms with van der Waals surface area (Å²) in [5.41, 5.74) is 2.00. The third-order valence-corrected chi connectivity index (χ3v) is 4.94. The van der Waals surface area contributed by atoms with E-state index in [9.17, 15) is 5.26 Å². The molecular formula is C20H20N4S. The number of aromatic nitrogens is 3. The van der Waals surface area contributed by atoms with Crippen LogP contribution >= 0.6 is 11.8 Å². The van der Waals surface area contributed by atoms with Gasteiger partial charge in [0.1, 0.15) is 10.9 Å². The maximum Gasteiger partial charge on any atom is 0.124 e. The van der Waals surface area contributed by atoms with E-state index in [0.29, 0.717) is 13.0 Å². The van der Waals surface area contributed by atoms with Crippen molar-refractivity contribution in [3.63, 3.8) is 0 Å². The summed E-state index contributed by atoms with van der Waals surface area (Å²) >= 11 is 1.70. The molecule has 3 rings (SSSR count). The lowest BCUT2D eigenvalue weighted by Gasteiger charge is -2.12. The van der Waals surface area contributed by atoms with Gasteiger partial charge < -0.3 is 4.57 Å². The fraction of sp³-hybridized carbons (Fsp3) is 0.250. The number of nitriles is 1. The molecule has 0 saturated carbocycles. The molecule has 0 aliphatic rings. The number of nitrogens with zero attached hydrogens (tertiary/aromatic N) is 4. The zero-order valence-corrected chi connectivity index (χ0v) is 15.2. The Morgan fingerprint density at radius 1 is 1.12 bits per heavy atom. The monoisotopic (exact) mass is 348 g/mol. The molecule has 2 aromatic heterocycles. The van der Waals surface area contributed by atoms with Crippen molar-refractivity contribution < 1.29 is 0 Å². The van der Waals surface area contributed by atoms with E-state index < -0.39 is 0 Å². The Labute approximate surface area is 152 Å². The molecule has 3 aromatic rings. The van der Waals surface area contributed by atoms with Gasteiger partial charge in [-0.3, -0.25) is 4.98 Å². The van der Waals surface area contributed by atoms with E-state index >= 15 is 0 Å². The minimum Gasteiger partial charge on any atom is -0.316 e. The number of benzene rings is 1. The number of hydrogen-bond donors (Lipinski definition) is 0. The van der Waals surface area contributed by atoms with Crippen LogP contribution in [0.3, 0.4) is 0 Å². The molecule has 0 atom stereocenters. The molecule has 2 heterocycles. The molecule has 4 nitrogen and oxygen atoms in total. The molecule has 0 bridgehead atoms. The van der Waals surface area contributed by atoms with Gasteiger partial charge in [0.2, 0.25) is 0 Å². The first kappa shape index (κ1) is 17.2. The van der Waals surface area contributed by atoms with E-state index in [4.69, 9.17) is 4.98 Å². The van der Waals surface area contributed by atoms with Gasteiger partial charge in [-0.1, -0.05) is 49.9 Å². The standard InChI is InChI=1S/C20H20N4S/c1-15(2)19-20(25-17-9-4-3-5-10-17)24(18(23-19)11-12-21)14-16-8-6-7-13-22-16/h3-10,13,15H,11,14H2,1-2H3. The van der Waals surface area contributed by atoms with Crippen molar-refractivity contribution in [2.24, 2.45) is 0 Å². The maximum absolute atomic E-state index is 9.21. The lowest BCUT2D eigenvalue weighted by atomic mass is 10.1. The zero-order chi connectivity index (χ0) is 17.6. The molecule has 0 radical (unpaired) electrons. The summed E-state index contributed by atoms with van der Waals surface area (Å²) in [7, 11) is 0. The van der Waals surface area contributed by atoms with Gasteiger partial charge in [-0.25, -0.2) is 4.98 Å². The fourth-order valence-electron chi connectivity index (χ4n) is 2.61. The predicted octanol–water partition coefficient (Wildman–Crippen LogP) is 4.67. The Kier molecular flexibility index (Phi) is 5.52. The fourth-order valence-corrected chi connectivity index (χ4v) is 3.79.